The van der Waals surface area contributed by atoms with Crippen LogP contribution in [0, 0.1) is 0 Å². The molecule has 0 unspecified atom stereocenters. The van der Waals surface area contributed by atoms with E-state index in [9.17, 15) is 8.42 Å². The maximum atomic E-state index is 12.4. The second-order valence-electron chi connectivity index (χ2n) is 4.70. The summed E-state index contributed by atoms with van der Waals surface area (Å²) in [5.74, 6) is 0. The Morgan fingerprint density at radius 2 is 2.05 bits per heavy atom. The van der Waals surface area contributed by atoms with Crippen molar-refractivity contribution in [2.45, 2.75) is 24.8 Å². The fraction of sp³-hybridized carbons (Fsp3) is 0.429. The van der Waals surface area contributed by atoms with E-state index >= 15 is 0 Å². The maximum absolute atomic E-state index is 12.4. The Bertz CT molecular complexity index is 541. The van der Waals surface area contributed by atoms with Crippen molar-refractivity contribution in [2.24, 2.45) is 0 Å². The van der Waals surface area contributed by atoms with Gasteiger partial charge in [-0.25, -0.2) is 13.1 Å². The third kappa shape index (κ3) is 4.33. The molecule has 2 N–H and O–H groups in total. The normalized spacial score (nSPS) is 11.6. The molecule has 0 atom stereocenters. The van der Waals surface area contributed by atoms with Crippen LogP contribution in [0.25, 0.3) is 0 Å². The Morgan fingerprint density at radius 3 is 2.60 bits per heavy atom. The van der Waals surface area contributed by atoms with Crippen LogP contribution in [-0.4, -0.2) is 39.3 Å². The van der Waals surface area contributed by atoms with E-state index in [2.05, 4.69) is 11.3 Å². The van der Waals surface area contributed by atoms with Gasteiger partial charge in [0.2, 0.25) is 10.0 Å². The quantitative estimate of drug-likeness (QED) is 0.711. The highest BCUT2D eigenvalue weighted by Crippen LogP contribution is 2.25. The smallest absolute Gasteiger partial charge is 0.242 e. The molecule has 0 radical (unpaired) electrons. The van der Waals surface area contributed by atoms with Gasteiger partial charge in [0.05, 0.1) is 12.3 Å². The van der Waals surface area contributed by atoms with Gasteiger partial charge < -0.3 is 10.0 Å². The first kappa shape index (κ1) is 16.7. The van der Waals surface area contributed by atoms with E-state index in [0.717, 1.165) is 0 Å². The number of anilines is 1. The topological polar surface area (TPSA) is 69.6 Å². The lowest BCUT2D eigenvalue weighted by molar-refractivity contribution is 0.303. The summed E-state index contributed by atoms with van der Waals surface area (Å²) in [4.78, 5) is 1.99. The van der Waals surface area contributed by atoms with Crippen LogP contribution >= 0.6 is 0 Å². The molecule has 0 saturated heterocycles. The van der Waals surface area contributed by atoms with Crippen LogP contribution in [0.15, 0.2) is 41.8 Å². The molecule has 0 aromatic heterocycles. The highest BCUT2D eigenvalue weighted by atomic mass is 32.2. The van der Waals surface area contributed by atoms with E-state index in [0.29, 0.717) is 18.8 Å². The molecule has 0 fully saturated rings. The molecule has 112 valence electrons. The minimum Gasteiger partial charge on any atom is -0.395 e. The Labute approximate surface area is 121 Å². The van der Waals surface area contributed by atoms with Crippen molar-refractivity contribution < 1.29 is 13.5 Å². The van der Waals surface area contributed by atoms with Crippen molar-refractivity contribution in [2.75, 3.05) is 24.6 Å². The molecular formula is C14H22N2O3S. The number of para-hydroxylation sites is 1. The van der Waals surface area contributed by atoms with Crippen LogP contribution in [0.2, 0.25) is 0 Å². The lowest BCUT2D eigenvalue weighted by Gasteiger charge is -2.25. The van der Waals surface area contributed by atoms with Crippen molar-refractivity contribution in [3.8, 4) is 0 Å². The summed E-state index contributed by atoms with van der Waals surface area (Å²) in [6.45, 7) is 7.97. The zero-order valence-electron chi connectivity index (χ0n) is 11.9. The molecule has 5 nitrogen and oxygen atoms in total. The van der Waals surface area contributed by atoms with Gasteiger partial charge in [-0.15, -0.1) is 6.58 Å². The number of nitrogens with zero attached hydrogens (tertiary/aromatic N) is 1. The molecule has 0 spiro atoms. The van der Waals surface area contributed by atoms with Crippen LogP contribution in [0.4, 0.5) is 5.69 Å². The van der Waals surface area contributed by atoms with Crippen molar-refractivity contribution in [3.63, 3.8) is 0 Å². The molecule has 1 aromatic carbocycles. The Balaban J connectivity index is 3.24. The van der Waals surface area contributed by atoms with E-state index in [4.69, 9.17) is 5.11 Å². The van der Waals surface area contributed by atoms with Gasteiger partial charge in [-0.2, -0.15) is 0 Å². The first-order valence-electron chi connectivity index (χ1n) is 6.50. The second kappa shape index (κ2) is 7.42. The van der Waals surface area contributed by atoms with Gasteiger partial charge in [-0.1, -0.05) is 18.2 Å². The second-order valence-corrected chi connectivity index (χ2v) is 6.38. The summed E-state index contributed by atoms with van der Waals surface area (Å²) in [7, 11) is -3.58. The standard InChI is InChI=1S/C14H22N2O3S/c1-4-9-16(10-11-17)13-7-5-6-8-14(13)20(18,19)15-12(2)3/h4-8,12,15,17H,1,9-11H2,2-3H3. The SMILES string of the molecule is C=CCN(CCO)c1ccccc1S(=O)(=O)NC(C)C. The average Bonchev–Trinajstić information content (AvgIpc) is 2.37. The van der Waals surface area contributed by atoms with E-state index in [1.165, 1.54) is 0 Å². The third-order valence-electron chi connectivity index (χ3n) is 2.61. The van der Waals surface area contributed by atoms with Crippen LogP contribution < -0.4 is 9.62 Å². The summed E-state index contributed by atoms with van der Waals surface area (Å²) in [6, 6.07) is 6.57. The van der Waals surface area contributed by atoms with Gasteiger partial charge in [0, 0.05) is 19.1 Å². The molecule has 20 heavy (non-hydrogen) atoms. The van der Waals surface area contributed by atoms with Gasteiger partial charge in [0.25, 0.3) is 0 Å². The molecule has 0 aliphatic carbocycles. The van der Waals surface area contributed by atoms with E-state index in [1.807, 2.05) is 0 Å². The number of hydrogen-bond donors (Lipinski definition) is 2. The zero-order valence-corrected chi connectivity index (χ0v) is 12.7. The molecule has 0 amide bonds. The average molecular weight is 298 g/mol. The van der Waals surface area contributed by atoms with Crippen LogP contribution in [0.5, 0.6) is 0 Å². The summed E-state index contributed by atoms with van der Waals surface area (Å²) < 4.78 is 27.3. The number of rotatable bonds is 8. The van der Waals surface area contributed by atoms with Gasteiger partial charge in [0.1, 0.15) is 4.90 Å². The van der Waals surface area contributed by atoms with E-state index < -0.39 is 10.0 Å². The number of benzene rings is 1. The molecule has 1 rings (SSSR count). The highest BCUT2D eigenvalue weighted by Gasteiger charge is 2.21. The summed E-state index contributed by atoms with van der Waals surface area (Å²) >= 11 is 0. The first-order valence-corrected chi connectivity index (χ1v) is 7.98. The van der Waals surface area contributed by atoms with Crippen molar-refractivity contribution in [1.29, 1.82) is 0 Å². The fourth-order valence-electron chi connectivity index (χ4n) is 1.91. The lowest BCUT2D eigenvalue weighted by Crippen LogP contribution is -2.33. The fourth-order valence-corrected chi connectivity index (χ4v) is 3.38. The molecule has 0 saturated carbocycles. The minimum atomic E-state index is -3.58. The van der Waals surface area contributed by atoms with Gasteiger partial charge >= 0.3 is 0 Å². The molecule has 0 aliphatic rings. The molecule has 0 aliphatic heterocycles. The molecule has 0 heterocycles. The third-order valence-corrected chi connectivity index (χ3v) is 4.31. The van der Waals surface area contributed by atoms with Gasteiger partial charge in [-0.3, -0.25) is 0 Å². The number of sulfonamides is 1. The van der Waals surface area contributed by atoms with E-state index in [-0.39, 0.29) is 17.5 Å². The van der Waals surface area contributed by atoms with Crippen LogP contribution in [-0.2, 0) is 10.0 Å². The number of aliphatic hydroxyl groups is 1. The Morgan fingerprint density at radius 1 is 1.40 bits per heavy atom. The molecular weight excluding hydrogens is 276 g/mol. The lowest BCUT2D eigenvalue weighted by atomic mass is 10.3. The first-order chi connectivity index (χ1) is 9.42. The monoisotopic (exact) mass is 298 g/mol. The number of nitrogens with one attached hydrogen (secondary N) is 1. The zero-order chi connectivity index (χ0) is 15.2. The molecule has 6 heteroatoms. The predicted molar refractivity (Wildman–Crippen MR) is 81.4 cm³/mol. The van der Waals surface area contributed by atoms with Crippen LogP contribution in [0.3, 0.4) is 0 Å². The van der Waals surface area contributed by atoms with Crippen LogP contribution in [0.1, 0.15) is 13.8 Å². The Kier molecular flexibility index (Phi) is 6.19. The predicted octanol–water partition coefficient (Wildman–Crippen LogP) is 1.36. The largest absolute Gasteiger partial charge is 0.395 e. The van der Waals surface area contributed by atoms with Gasteiger partial charge in [0.15, 0.2) is 0 Å². The maximum Gasteiger partial charge on any atom is 0.242 e. The van der Waals surface area contributed by atoms with Gasteiger partial charge in [-0.05, 0) is 26.0 Å². The minimum absolute atomic E-state index is 0.0557. The van der Waals surface area contributed by atoms with Crippen molar-refractivity contribution in [1.82, 2.24) is 4.72 Å². The van der Waals surface area contributed by atoms with Crippen molar-refractivity contribution >= 4 is 15.7 Å². The summed E-state index contributed by atoms with van der Waals surface area (Å²) in [5, 5.41) is 9.12. The summed E-state index contributed by atoms with van der Waals surface area (Å²) in [5.41, 5.74) is 0.564. The van der Waals surface area contributed by atoms with E-state index in [1.54, 1.807) is 49.1 Å². The van der Waals surface area contributed by atoms with Crippen molar-refractivity contribution in [3.05, 3.63) is 36.9 Å². The number of aliphatic hydroxyl groups excluding tert-OH is 1. The Hall–Kier alpha value is -1.37. The summed E-state index contributed by atoms with van der Waals surface area (Å²) in [6.07, 6.45) is 1.68. The molecule has 1 aromatic rings. The number of hydrogen-bond acceptors (Lipinski definition) is 4. The molecule has 0 bridgehead atoms. The highest BCUT2D eigenvalue weighted by molar-refractivity contribution is 7.89.